The van der Waals surface area contributed by atoms with E-state index in [1.54, 1.807) is 14.2 Å². The summed E-state index contributed by atoms with van der Waals surface area (Å²) in [4.78, 5) is 15.0. The highest BCUT2D eigenvalue weighted by Crippen LogP contribution is 2.33. The summed E-state index contributed by atoms with van der Waals surface area (Å²) in [7, 11) is 3.25. The van der Waals surface area contributed by atoms with Gasteiger partial charge in [0.15, 0.2) is 11.5 Å². The zero-order valence-electron chi connectivity index (χ0n) is 16.9. The molecule has 1 aromatic rings. The number of methoxy groups -OCH3 is 2. The van der Waals surface area contributed by atoms with E-state index < -0.39 is 0 Å². The van der Waals surface area contributed by atoms with Crippen LogP contribution in [0.15, 0.2) is 12.1 Å². The average molecular weight is 376 g/mol. The van der Waals surface area contributed by atoms with E-state index in [2.05, 4.69) is 10.2 Å². The molecule has 6 nitrogen and oxygen atoms in total. The first kappa shape index (κ1) is 20.0. The zero-order chi connectivity index (χ0) is 19.4. The lowest BCUT2D eigenvalue weighted by atomic mass is 10.0. The number of nitrogens with zero attached hydrogens (tertiary/aromatic N) is 1. The highest BCUT2D eigenvalue weighted by atomic mass is 16.5. The predicted molar refractivity (Wildman–Crippen MR) is 104 cm³/mol. The van der Waals surface area contributed by atoms with Crippen LogP contribution >= 0.6 is 0 Å². The Hall–Kier alpha value is -1.79. The normalized spacial score (nSPS) is 20.6. The Kier molecular flexibility index (Phi) is 6.60. The van der Waals surface area contributed by atoms with Crippen molar-refractivity contribution in [3.8, 4) is 11.5 Å². The molecule has 1 aliphatic carbocycles. The monoisotopic (exact) mass is 376 g/mol. The van der Waals surface area contributed by atoms with Gasteiger partial charge in [-0.2, -0.15) is 0 Å². The average Bonchev–Trinajstić information content (AvgIpc) is 3.38. The number of hydrogen-bond acceptors (Lipinski definition) is 5. The molecule has 6 heteroatoms. The molecule has 0 radical (unpaired) electrons. The lowest BCUT2D eigenvalue weighted by molar-refractivity contribution is -0.123. The minimum absolute atomic E-state index is 0.0718. The highest BCUT2D eigenvalue weighted by molar-refractivity contribution is 5.78. The first-order valence-electron chi connectivity index (χ1n) is 9.85. The SMILES string of the molecule is COc1cc(C)c(C(C)NC(=O)CN(CC2CCOC2)C2CC2)cc1OC. The molecular formula is C21H32N2O4. The third-order valence-electron chi connectivity index (χ3n) is 5.54. The van der Waals surface area contributed by atoms with Gasteiger partial charge in [0.25, 0.3) is 0 Å². The van der Waals surface area contributed by atoms with Crippen molar-refractivity contribution in [3.63, 3.8) is 0 Å². The number of aryl methyl sites for hydroxylation is 1. The first-order valence-corrected chi connectivity index (χ1v) is 9.85. The van der Waals surface area contributed by atoms with Crippen molar-refractivity contribution in [1.29, 1.82) is 0 Å². The smallest absolute Gasteiger partial charge is 0.234 e. The number of benzene rings is 1. The molecule has 0 aromatic heterocycles. The Morgan fingerprint density at radius 2 is 1.96 bits per heavy atom. The van der Waals surface area contributed by atoms with Crippen LogP contribution in [0.4, 0.5) is 0 Å². The topological polar surface area (TPSA) is 60.0 Å². The molecule has 2 unspecified atom stereocenters. The predicted octanol–water partition coefficient (Wildman–Crippen LogP) is 2.69. The van der Waals surface area contributed by atoms with Gasteiger partial charge in [0.1, 0.15) is 0 Å². The largest absolute Gasteiger partial charge is 0.493 e. The second-order valence-corrected chi connectivity index (χ2v) is 7.74. The van der Waals surface area contributed by atoms with E-state index in [0.717, 1.165) is 37.3 Å². The highest BCUT2D eigenvalue weighted by Gasteiger charge is 2.33. The van der Waals surface area contributed by atoms with Crippen molar-refractivity contribution in [2.24, 2.45) is 5.92 Å². The number of rotatable bonds is 9. The fourth-order valence-corrected chi connectivity index (χ4v) is 3.85. The number of carbonyl (C=O) groups is 1. The molecule has 2 atom stereocenters. The Bertz CT molecular complexity index is 654. The van der Waals surface area contributed by atoms with Crippen LogP contribution < -0.4 is 14.8 Å². The van der Waals surface area contributed by atoms with Crippen molar-refractivity contribution in [2.75, 3.05) is 40.5 Å². The Morgan fingerprint density at radius 1 is 1.26 bits per heavy atom. The van der Waals surface area contributed by atoms with E-state index >= 15 is 0 Å². The summed E-state index contributed by atoms with van der Waals surface area (Å²) in [5.41, 5.74) is 2.12. The molecule has 0 bridgehead atoms. The van der Waals surface area contributed by atoms with Gasteiger partial charge >= 0.3 is 0 Å². The van der Waals surface area contributed by atoms with Crippen molar-refractivity contribution in [2.45, 2.75) is 45.2 Å². The summed E-state index contributed by atoms with van der Waals surface area (Å²) >= 11 is 0. The second-order valence-electron chi connectivity index (χ2n) is 7.74. The molecule has 1 aromatic carbocycles. The quantitative estimate of drug-likeness (QED) is 0.718. The van der Waals surface area contributed by atoms with Gasteiger partial charge < -0.3 is 19.5 Å². The number of amides is 1. The molecule has 0 spiro atoms. The van der Waals surface area contributed by atoms with Crippen molar-refractivity contribution in [1.82, 2.24) is 10.2 Å². The van der Waals surface area contributed by atoms with Gasteiger partial charge in [-0.15, -0.1) is 0 Å². The maximum absolute atomic E-state index is 12.7. The summed E-state index contributed by atoms with van der Waals surface area (Å²) in [6.45, 7) is 7.13. The Morgan fingerprint density at radius 3 is 2.56 bits per heavy atom. The van der Waals surface area contributed by atoms with Crippen LogP contribution in [0.3, 0.4) is 0 Å². The van der Waals surface area contributed by atoms with E-state index in [-0.39, 0.29) is 11.9 Å². The standard InChI is InChI=1S/C21H32N2O4/c1-14-9-19(25-3)20(26-4)10-18(14)15(2)22-21(24)12-23(17-5-6-17)11-16-7-8-27-13-16/h9-10,15-17H,5-8,11-13H2,1-4H3,(H,22,24). The minimum atomic E-state index is -0.0897. The number of nitrogens with one attached hydrogen (secondary N) is 1. The third-order valence-corrected chi connectivity index (χ3v) is 5.54. The summed E-state index contributed by atoms with van der Waals surface area (Å²) in [6, 6.07) is 4.38. The summed E-state index contributed by atoms with van der Waals surface area (Å²) < 4.78 is 16.3. The number of carbonyl (C=O) groups excluding carboxylic acids is 1. The van der Waals surface area contributed by atoms with Crippen LogP contribution in [0.1, 0.15) is 43.4 Å². The first-order chi connectivity index (χ1) is 13.0. The van der Waals surface area contributed by atoms with Gasteiger partial charge in [-0.25, -0.2) is 0 Å². The molecule has 1 N–H and O–H groups in total. The van der Waals surface area contributed by atoms with Gasteiger partial charge in [0, 0.05) is 19.2 Å². The maximum Gasteiger partial charge on any atom is 0.234 e. The van der Waals surface area contributed by atoms with Gasteiger partial charge in [-0.05, 0) is 62.3 Å². The van der Waals surface area contributed by atoms with Crippen LogP contribution in [0.25, 0.3) is 0 Å². The molecule has 150 valence electrons. The van der Waals surface area contributed by atoms with Gasteiger partial charge in [-0.3, -0.25) is 9.69 Å². The van der Waals surface area contributed by atoms with E-state index in [0.29, 0.717) is 30.0 Å². The molecule has 1 heterocycles. The molecular weight excluding hydrogens is 344 g/mol. The van der Waals surface area contributed by atoms with E-state index in [1.165, 1.54) is 12.8 Å². The van der Waals surface area contributed by atoms with Crippen molar-refractivity contribution >= 4 is 5.91 Å². The summed E-state index contributed by atoms with van der Waals surface area (Å²) in [5.74, 6) is 2.02. The summed E-state index contributed by atoms with van der Waals surface area (Å²) in [5, 5.41) is 3.16. The molecule has 1 amide bonds. The maximum atomic E-state index is 12.7. The van der Waals surface area contributed by atoms with Gasteiger partial charge in [-0.1, -0.05) is 0 Å². The van der Waals surface area contributed by atoms with Crippen LogP contribution in [0, 0.1) is 12.8 Å². The fourth-order valence-electron chi connectivity index (χ4n) is 3.85. The minimum Gasteiger partial charge on any atom is -0.493 e. The zero-order valence-corrected chi connectivity index (χ0v) is 16.9. The van der Waals surface area contributed by atoms with Gasteiger partial charge in [0.05, 0.1) is 33.4 Å². The van der Waals surface area contributed by atoms with Crippen molar-refractivity contribution < 1.29 is 19.0 Å². The molecule has 1 saturated heterocycles. The van der Waals surface area contributed by atoms with Crippen LogP contribution in [-0.2, 0) is 9.53 Å². The Balaban J connectivity index is 1.61. The lowest BCUT2D eigenvalue weighted by Gasteiger charge is -2.25. The summed E-state index contributed by atoms with van der Waals surface area (Å²) in [6.07, 6.45) is 3.50. The van der Waals surface area contributed by atoms with E-state index in [9.17, 15) is 4.79 Å². The molecule has 2 aliphatic rings. The van der Waals surface area contributed by atoms with Crippen LogP contribution in [0.5, 0.6) is 11.5 Å². The second kappa shape index (κ2) is 8.93. The fraction of sp³-hybridized carbons (Fsp3) is 0.667. The molecule has 1 saturated carbocycles. The van der Waals surface area contributed by atoms with Crippen molar-refractivity contribution in [3.05, 3.63) is 23.3 Å². The van der Waals surface area contributed by atoms with Gasteiger partial charge in [0.2, 0.25) is 5.91 Å². The van der Waals surface area contributed by atoms with Crippen LogP contribution in [0.2, 0.25) is 0 Å². The number of ether oxygens (including phenoxy) is 3. The van der Waals surface area contributed by atoms with E-state index in [4.69, 9.17) is 14.2 Å². The van der Waals surface area contributed by atoms with Crippen LogP contribution in [-0.4, -0.2) is 57.4 Å². The molecule has 3 rings (SSSR count). The third kappa shape index (κ3) is 5.14. The Labute approximate surface area is 162 Å². The molecule has 27 heavy (non-hydrogen) atoms. The molecule has 1 aliphatic heterocycles. The number of hydrogen-bond donors (Lipinski definition) is 1. The lowest BCUT2D eigenvalue weighted by Crippen LogP contribution is -2.41. The molecule has 2 fully saturated rings. The van der Waals surface area contributed by atoms with E-state index in [1.807, 2.05) is 26.0 Å².